The molecular formula is C26H42IN3O5S. The molecule has 0 bridgehead atoms. The van der Waals surface area contributed by atoms with Gasteiger partial charge < -0.3 is 19.3 Å². The molecule has 0 spiro atoms. The average molecular weight is 636 g/mol. The van der Waals surface area contributed by atoms with Crippen molar-refractivity contribution in [3.05, 3.63) is 21.3 Å². The summed E-state index contributed by atoms with van der Waals surface area (Å²) >= 11 is 2.02. The first-order valence-electron chi connectivity index (χ1n) is 12.9. The van der Waals surface area contributed by atoms with Gasteiger partial charge in [0.05, 0.1) is 18.6 Å². The van der Waals surface area contributed by atoms with E-state index >= 15 is 0 Å². The number of likely N-dealkylation sites (N-methyl/N-ethyl adjacent to an activating group) is 2. The molecule has 0 radical (unpaired) electrons. The topological polar surface area (TPSA) is 79.4 Å². The zero-order valence-electron chi connectivity index (χ0n) is 22.3. The van der Waals surface area contributed by atoms with Crippen molar-refractivity contribution >= 4 is 38.5 Å². The van der Waals surface area contributed by atoms with Crippen LogP contribution in [0, 0.1) is 22.3 Å². The van der Waals surface area contributed by atoms with E-state index in [2.05, 4.69) is 11.8 Å². The summed E-state index contributed by atoms with van der Waals surface area (Å²) in [5, 5.41) is 0. The van der Waals surface area contributed by atoms with Crippen LogP contribution in [0.25, 0.3) is 0 Å². The number of methoxy groups -OCH3 is 1. The van der Waals surface area contributed by atoms with E-state index in [4.69, 9.17) is 9.47 Å². The van der Waals surface area contributed by atoms with Gasteiger partial charge in [-0.1, -0.05) is 0 Å². The molecule has 1 unspecified atom stereocenters. The Labute approximate surface area is 230 Å². The van der Waals surface area contributed by atoms with E-state index in [0.29, 0.717) is 20.8 Å². The maximum atomic E-state index is 13.1. The molecule has 1 aliphatic heterocycles. The molecule has 0 aromatic heterocycles. The molecule has 3 rings (SSSR count). The zero-order valence-corrected chi connectivity index (χ0v) is 25.3. The number of amides is 1. The van der Waals surface area contributed by atoms with Crippen molar-refractivity contribution in [1.82, 2.24) is 14.1 Å². The van der Waals surface area contributed by atoms with Crippen LogP contribution in [0.3, 0.4) is 0 Å². The molecule has 204 valence electrons. The standard InChI is InChI=1S/C26H42IN3O5S/c1-19-15-23(34-5)16-24(27)26(19)36(32,33)28(3)13-14-35-18-25(31)29(4)20(2)22-9-7-21(8-10-22)17-30-11-6-12-30/h15-16,20-22H,6-14,17-18H2,1-5H3/t20?,21-,22-. The van der Waals surface area contributed by atoms with Crippen LogP contribution in [0.15, 0.2) is 17.0 Å². The lowest BCUT2D eigenvalue weighted by molar-refractivity contribution is -0.138. The van der Waals surface area contributed by atoms with Crippen LogP contribution in [0.2, 0.25) is 0 Å². The van der Waals surface area contributed by atoms with Gasteiger partial charge in [-0.25, -0.2) is 8.42 Å². The molecular weight excluding hydrogens is 593 g/mol. The number of aryl methyl sites for hydroxylation is 1. The first-order chi connectivity index (χ1) is 17.0. The fourth-order valence-electron chi connectivity index (χ4n) is 5.20. The molecule has 1 amide bonds. The molecule has 1 aromatic rings. The molecule has 1 saturated carbocycles. The largest absolute Gasteiger partial charge is 0.497 e. The van der Waals surface area contributed by atoms with Gasteiger partial charge in [0.25, 0.3) is 0 Å². The highest BCUT2D eigenvalue weighted by Gasteiger charge is 2.31. The lowest BCUT2D eigenvalue weighted by atomic mass is 9.78. The Morgan fingerprint density at radius 3 is 2.42 bits per heavy atom. The third kappa shape index (κ3) is 7.33. The number of sulfonamides is 1. The Balaban J connectivity index is 1.41. The Morgan fingerprint density at radius 1 is 1.19 bits per heavy atom. The highest BCUT2D eigenvalue weighted by atomic mass is 127. The maximum absolute atomic E-state index is 13.1. The normalized spacial score (nSPS) is 21.8. The zero-order chi connectivity index (χ0) is 26.5. The minimum atomic E-state index is -3.69. The van der Waals surface area contributed by atoms with Crippen molar-refractivity contribution in [2.24, 2.45) is 11.8 Å². The number of rotatable bonds is 12. The molecule has 36 heavy (non-hydrogen) atoms. The molecule has 2 aliphatic rings. The van der Waals surface area contributed by atoms with Crippen LogP contribution >= 0.6 is 22.6 Å². The van der Waals surface area contributed by atoms with Gasteiger partial charge in [-0.3, -0.25) is 4.79 Å². The monoisotopic (exact) mass is 635 g/mol. The summed E-state index contributed by atoms with van der Waals surface area (Å²) in [5.41, 5.74) is 0.631. The summed E-state index contributed by atoms with van der Waals surface area (Å²) in [7, 11) is 1.26. The van der Waals surface area contributed by atoms with Gasteiger partial charge in [-0.2, -0.15) is 4.31 Å². The Hall–Kier alpha value is -0.950. The van der Waals surface area contributed by atoms with Gasteiger partial charge >= 0.3 is 0 Å². The number of nitrogens with zero attached hydrogens (tertiary/aromatic N) is 3. The van der Waals surface area contributed by atoms with Crippen LogP contribution in [0.5, 0.6) is 5.75 Å². The number of benzene rings is 1. The lowest BCUT2D eigenvalue weighted by Crippen LogP contribution is -2.44. The van der Waals surface area contributed by atoms with Gasteiger partial charge in [0.15, 0.2) is 0 Å². The molecule has 1 aromatic carbocycles. The second kappa shape index (κ2) is 13.2. The summed E-state index contributed by atoms with van der Waals surface area (Å²) in [6, 6.07) is 3.60. The SMILES string of the molecule is COc1cc(C)c(S(=O)(=O)N(C)CCOCC(=O)N(C)C(C)[C@H]2CC[C@H](CN3CCC3)CC2)c(I)c1. The summed E-state index contributed by atoms with van der Waals surface area (Å²) in [5.74, 6) is 1.89. The Bertz CT molecular complexity index is 970. The Kier molecular flexibility index (Phi) is 10.9. The van der Waals surface area contributed by atoms with E-state index in [1.807, 2.05) is 34.5 Å². The maximum Gasteiger partial charge on any atom is 0.248 e. The van der Waals surface area contributed by atoms with Crippen molar-refractivity contribution < 1.29 is 22.7 Å². The predicted molar refractivity (Wildman–Crippen MR) is 150 cm³/mol. The number of halogens is 1. The average Bonchev–Trinajstić information content (AvgIpc) is 2.82. The second-order valence-corrected chi connectivity index (χ2v) is 13.5. The van der Waals surface area contributed by atoms with Gasteiger partial charge in [0, 0.05) is 36.8 Å². The molecule has 1 heterocycles. The predicted octanol–water partition coefficient (Wildman–Crippen LogP) is 3.60. The summed E-state index contributed by atoms with van der Waals surface area (Å²) < 4.78 is 39.0. The van der Waals surface area contributed by atoms with E-state index in [1.54, 1.807) is 26.2 Å². The van der Waals surface area contributed by atoms with Crippen LogP contribution in [0.1, 0.15) is 44.6 Å². The van der Waals surface area contributed by atoms with Crippen LogP contribution < -0.4 is 4.74 Å². The number of hydrogen-bond acceptors (Lipinski definition) is 6. The minimum Gasteiger partial charge on any atom is -0.497 e. The molecule has 1 atom stereocenters. The van der Waals surface area contributed by atoms with Crippen LogP contribution in [-0.2, 0) is 19.6 Å². The van der Waals surface area contributed by atoms with Gasteiger partial charge in [-0.15, -0.1) is 0 Å². The summed E-state index contributed by atoms with van der Waals surface area (Å²) in [6.45, 7) is 7.93. The van der Waals surface area contributed by atoms with Crippen molar-refractivity contribution in [3.63, 3.8) is 0 Å². The molecule has 8 nitrogen and oxygen atoms in total. The van der Waals surface area contributed by atoms with Crippen LogP contribution in [-0.4, -0.2) is 95.1 Å². The number of likely N-dealkylation sites (tertiary alicyclic amines) is 1. The van der Waals surface area contributed by atoms with Gasteiger partial charge in [-0.05, 0) is 111 Å². The lowest BCUT2D eigenvalue weighted by Gasteiger charge is -2.40. The summed E-state index contributed by atoms with van der Waals surface area (Å²) in [4.78, 5) is 17.4. The quantitative estimate of drug-likeness (QED) is 0.258. The summed E-state index contributed by atoms with van der Waals surface area (Å²) in [6.07, 6.45) is 6.18. The van der Waals surface area contributed by atoms with Crippen molar-refractivity contribution in [3.8, 4) is 5.75 Å². The van der Waals surface area contributed by atoms with E-state index in [-0.39, 0.29) is 36.6 Å². The minimum absolute atomic E-state index is 0.0435. The number of hydrogen-bond donors (Lipinski definition) is 0. The fraction of sp³-hybridized carbons (Fsp3) is 0.731. The van der Waals surface area contributed by atoms with Crippen molar-refractivity contribution in [2.45, 2.75) is 56.9 Å². The highest BCUT2D eigenvalue weighted by Crippen LogP contribution is 2.33. The molecule has 0 N–H and O–H groups in total. The van der Waals surface area contributed by atoms with E-state index in [1.165, 1.54) is 63.1 Å². The smallest absolute Gasteiger partial charge is 0.248 e. The third-order valence-corrected chi connectivity index (χ3v) is 11.2. The first kappa shape index (κ1) is 29.6. The van der Waals surface area contributed by atoms with E-state index in [9.17, 15) is 13.2 Å². The third-order valence-electron chi connectivity index (χ3n) is 7.93. The Morgan fingerprint density at radius 2 is 1.86 bits per heavy atom. The van der Waals surface area contributed by atoms with Crippen molar-refractivity contribution in [1.29, 1.82) is 0 Å². The van der Waals surface area contributed by atoms with Crippen LogP contribution in [0.4, 0.5) is 0 Å². The van der Waals surface area contributed by atoms with Crippen molar-refractivity contribution in [2.75, 3.05) is 60.6 Å². The van der Waals surface area contributed by atoms with Gasteiger partial charge in [0.2, 0.25) is 15.9 Å². The number of carbonyl (C=O) groups is 1. The first-order valence-corrected chi connectivity index (χ1v) is 15.4. The molecule has 2 fully saturated rings. The number of ether oxygens (including phenoxy) is 2. The van der Waals surface area contributed by atoms with E-state index < -0.39 is 10.0 Å². The highest BCUT2D eigenvalue weighted by molar-refractivity contribution is 14.1. The van der Waals surface area contributed by atoms with E-state index in [0.717, 1.165) is 5.92 Å². The van der Waals surface area contributed by atoms with Gasteiger partial charge in [0.1, 0.15) is 12.4 Å². The molecule has 1 saturated heterocycles. The molecule has 1 aliphatic carbocycles. The molecule has 10 heteroatoms. The fourth-order valence-corrected chi connectivity index (χ4v) is 8.17. The number of carbonyl (C=O) groups excluding carboxylic acids is 1. The second-order valence-electron chi connectivity index (χ2n) is 10.3.